The molecule has 0 bridgehead atoms. The van der Waals surface area contributed by atoms with Gasteiger partial charge in [0.05, 0.1) is 5.60 Å². The Kier molecular flexibility index (Phi) is 5.66. The van der Waals surface area contributed by atoms with Crippen molar-refractivity contribution in [2.45, 2.75) is 96.9 Å². The van der Waals surface area contributed by atoms with Gasteiger partial charge in [0.15, 0.2) is 0 Å². The van der Waals surface area contributed by atoms with Crippen molar-refractivity contribution in [3.8, 4) is 0 Å². The molecule has 0 amide bonds. The first kappa shape index (κ1) is 23.8. The second-order valence-corrected chi connectivity index (χ2v) is 12.0. The largest absolute Gasteiger partial charge is 0.463 e. The van der Waals surface area contributed by atoms with E-state index in [1.165, 1.54) is 13.8 Å². The maximum absolute atomic E-state index is 12.5. The predicted molar refractivity (Wildman–Crippen MR) is 122 cm³/mol. The van der Waals surface area contributed by atoms with Gasteiger partial charge in [0, 0.05) is 37.7 Å². The fourth-order valence-corrected chi connectivity index (χ4v) is 9.08. The van der Waals surface area contributed by atoms with Crippen molar-refractivity contribution in [3.63, 3.8) is 0 Å². The molecule has 5 rings (SSSR count). The van der Waals surface area contributed by atoms with Crippen molar-refractivity contribution < 1.29 is 33.7 Å². The third-order valence-electron chi connectivity index (χ3n) is 10.5. The van der Waals surface area contributed by atoms with Gasteiger partial charge in [-0.3, -0.25) is 9.59 Å². The van der Waals surface area contributed by atoms with E-state index >= 15 is 0 Å². The van der Waals surface area contributed by atoms with Crippen molar-refractivity contribution in [3.05, 3.63) is 11.6 Å². The Labute approximate surface area is 201 Å². The number of hydrogen-bond donors (Lipinski definition) is 1. The first-order chi connectivity index (χ1) is 16.0. The summed E-state index contributed by atoms with van der Waals surface area (Å²) in [6, 6.07) is 0. The highest BCUT2D eigenvalue weighted by Gasteiger charge is 2.71. The molecular weight excluding hydrogens is 436 g/mol. The fraction of sp³-hybridized carbons (Fsp3) is 0.815. The summed E-state index contributed by atoms with van der Waals surface area (Å²) in [7, 11) is 0. The molecule has 0 radical (unpaired) electrons. The molecule has 7 nitrogen and oxygen atoms in total. The highest BCUT2D eigenvalue weighted by molar-refractivity contribution is 5.85. The van der Waals surface area contributed by atoms with E-state index in [1.807, 2.05) is 0 Å². The zero-order valence-corrected chi connectivity index (χ0v) is 20.8. The highest BCUT2D eigenvalue weighted by atomic mass is 16.6. The summed E-state index contributed by atoms with van der Waals surface area (Å²) in [6.07, 6.45) is 7.98. The summed E-state index contributed by atoms with van der Waals surface area (Å²) < 4.78 is 16.6. The van der Waals surface area contributed by atoms with Crippen LogP contribution in [0, 0.1) is 34.5 Å². The number of carbonyl (C=O) groups excluding carboxylic acids is 3. The van der Waals surface area contributed by atoms with Crippen LogP contribution in [0.2, 0.25) is 0 Å². The molecule has 1 heterocycles. The molecule has 4 fully saturated rings. The van der Waals surface area contributed by atoms with Gasteiger partial charge in [-0.15, -0.1) is 0 Å². The van der Waals surface area contributed by atoms with Gasteiger partial charge in [0.25, 0.3) is 0 Å². The highest BCUT2D eigenvalue weighted by Crippen LogP contribution is 2.70. The van der Waals surface area contributed by atoms with Crippen LogP contribution in [0.25, 0.3) is 0 Å². The molecule has 5 aliphatic rings. The normalized spacial score (nSPS) is 47.6. The minimum absolute atomic E-state index is 0.000108. The third kappa shape index (κ3) is 3.44. The van der Waals surface area contributed by atoms with Crippen LogP contribution in [0.5, 0.6) is 0 Å². The number of hydrogen-bond acceptors (Lipinski definition) is 7. The van der Waals surface area contributed by atoms with Gasteiger partial charge in [-0.05, 0) is 73.7 Å². The molecule has 188 valence electrons. The lowest BCUT2D eigenvalue weighted by Gasteiger charge is -2.63. The lowest BCUT2D eigenvalue weighted by molar-refractivity contribution is -0.210. The molecule has 9 atom stereocenters. The summed E-state index contributed by atoms with van der Waals surface area (Å²) in [5, 5.41) is 12.5. The minimum Gasteiger partial charge on any atom is -0.463 e. The molecule has 0 aromatic heterocycles. The topological polar surface area (TPSA) is 99.1 Å². The van der Waals surface area contributed by atoms with E-state index in [2.05, 4.69) is 13.8 Å². The maximum atomic E-state index is 12.5. The van der Waals surface area contributed by atoms with Crippen molar-refractivity contribution in [1.82, 2.24) is 0 Å². The van der Waals surface area contributed by atoms with Gasteiger partial charge in [0.2, 0.25) is 0 Å². The number of cyclic esters (lactones) is 1. The van der Waals surface area contributed by atoms with Crippen LogP contribution < -0.4 is 0 Å². The number of rotatable bonds is 3. The Morgan fingerprint density at radius 2 is 1.76 bits per heavy atom. The van der Waals surface area contributed by atoms with Crippen LogP contribution in [0.15, 0.2) is 11.6 Å². The molecule has 4 saturated carbocycles. The van der Waals surface area contributed by atoms with E-state index in [0.717, 1.165) is 50.5 Å². The standard InChI is InChI=1S/C27H38O7/c1-15(28)33-19-7-9-25(3)18(12-19)5-6-21-20(25)8-10-26(4)24(17-11-23(30)32-14-17)22(34-16(2)29)13-27(21,26)31/h11,18-22,24,31H,5-10,12-14H2,1-4H3/t18-,19+,20+,21-,22-,24+,25+,26-,27-/m0/s1. The number of fused-ring (bicyclic) bond motifs is 5. The monoisotopic (exact) mass is 474 g/mol. The molecule has 34 heavy (non-hydrogen) atoms. The van der Waals surface area contributed by atoms with Crippen molar-refractivity contribution >= 4 is 17.9 Å². The Morgan fingerprint density at radius 3 is 2.41 bits per heavy atom. The molecular formula is C27H38O7. The van der Waals surface area contributed by atoms with E-state index < -0.39 is 17.1 Å². The van der Waals surface area contributed by atoms with E-state index in [0.29, 0.717) is 18.3 Å². The van der Waals surface area contributed by atoms with E-state index in [9.17, 15) is 19.5 Å². The summed E-state index contributed by atoms with van der Waals surface area (Å²) in [5.41, 5.74) is -0.535. The number of carbonyl (C=O) groups is 3. The zero-order chi connectivity index (χ0) is 24.5. The lowest BCUT2D eigenvalue weighted by atomic mass is 9.43. The van der Waals surface area contributed by atoms with Crippen molar-refractivity contribution in [1.29, 1.82) is 0 Å². The molecule has 1 aliphatic heterocycles. The van der Waals surface area contributed by atoms with Crippen LogP contribution in [0.1, 0.15) is 79.1 Å². The molecule has 7 heteroatoms. The first-order valence-corrected chi connectivity index (χ1v) is 12.9. The Hall–Kier alpha value is -1.89. The van der Waals surface area contributed by atoms with Gasteiger partial charge in [-0.1, -0.05) is 13.8 Å². The molecule has 0 aromatic carbocycles. The van der Waals surface area contributed by atoms with Gasteiger partial charge < -0.3 is 19.3 Å². The van der Waals surface area contributed by atoms with Crippen molar-refractivity contribution in [2.24, 2.45) is 34.5 Å². The van der Waals surface area contributed by atoms with Crippen LogP contribution in [0.4, 0.5) is 0 Å². The smallest absolute Gasteiger partial charge is 0.331 e. The lowest BCUT2D eigenvalue weighted by Crippen LogP contribution is -2.62. The quantitative estimate of drug-likeness (QED) is 0.492. The summed E-state index contributed by atoms with van der Waals surface area (Å²) in [5.74, 6) is -0.190. The number of ether oxygens (including phenoxy) is 3. The van der Waals surface area contributed by atoms with Crippen molar-refractivity contribution in [2.75, 3.05) is 6.61 Å². The summed E-state index contributed by atoms with van der Waals surface area (Å²) in [4.78, 5) is 35.4. The van der Waals surface area contributed by atoms with Crippen LogP contribution in [-0.2, 0) is 28.6 Å². The Balaban J connectivity index is 1.46. The zero-order valence-electron chi connectivity index (χ0n) is 20.8. The number of esters is 3. The van der Waals surface area contributed by atoms with Crippen LogP contribution in [0.3, 0.4) is 0 Å². The van der Waals surface area contributed by atoms with Crippen LogP contribution >= 0.6 is 0 Å². The summed E-state index contributed by atoms with van der Waals surface area (Å²) in [6.45, 7) is 7.61. The predicted octanol–water partition coefficient (Wildman–Crippen LogP) is 3.72. The maximum Gasteiger partial charge on any atom is 0.331 e. The minimum atomic E-state index is -0.978. The van der Waals surface area contributed by atoms with Gasteiger partial charge in [-0.25, -0.2) is 4.79 Å². The van der Waals surface area contributed by atoms with Gasteiger partial charge >= 0.3 is 17.9 Å². The third-order valence-corrected chi connectivity index (χ3v) is 10.5. The second-order valence-electron chi connectivity index (χ2n) is 12.0. The molecule has 4 aliphatic carbocycles. The first-order valence-electron chi connectivity index (χ1n) is 12.9. The molecule has 0 unspecified atom stereocenters. The fourth-order valence-electron chi connectivity index (χ4n) is 9.08. The SMILES string of the molecule is CC(=O)O[C@@H]1CC[C@]2(C)[C@@H](CC[C@H]3[C@H]2CC[C@@]2(C)[C@H](C4=CC(=O)OC4)[C@@H](OC(C)=O)C[C@]32O)C1. The molecule has 0 saturated heterocycles. The van der Waals surface area contributed by atoms with Crippen LogP contribution in [-0.4, -0.2) is 47.4 Å². The molecule has 0 spiro atoms. The average Bonchev–Trinajstić information content (AvgIpc) is 3.25. The van der Waals surface area contributed by atoms with E-state index in [4.69, 9.17) is 14.2 Å². The van der Waals surface area contributed by atoms with Gasteiger partial charge in [0.1, 0.15) is 18.8 Å². The molecule has 1 N–H and O–H groups in total. The van der Waals surface area contributed by atoms with E-state index in [1.54, 1.807) is 6.08 Å². The Morgan fingerprint density at radius 1 is 1.03 bits per heavy atom. The van der Waals surface area contributed by atoms with E-state index in [-0.39, 0.29) is 47.9 Å². The second kappa shape index (κ2) is 8.07. The average molecular weight is 475 g/mol. The van der Waals surface area contributed by atoms with Gasteiger partial charge in [-0.2, -0.15) is 0 Å². The Bertz CT molecular complexity index is 926. The summed E-state index contributed by atoms with van der Waals surface area (Å²) >= 11 is 0. The molecule has 0 aromatic rings. The number of aliphatic hydroxyl groups is 1.